The molecule has 1 atom stereocenters. The molecule has 0 radical (unpaired) electrons. The van der Waals surface area contributed by atoms with Crippen LogP contribution in [0.25, 0.3) is 0 Å². The largest absolute Gasteiger partial charge is 0.444 e. The van der Waals surface area contributed by atoms with E-state index in [1.807, 2.05) is 13.7 Å². The molecule has 0 unspecified atom stereocenters. The first-order valence-corrected chi connectivity index (χ1v) is 8.12. The number of carbonyl (C=O) groups is 4. The first kappa shape index (κ1) is 32.1. The van der Waals surface area contributed by atoms with Gasteiger partial charge in [-0.1, -0.05) is 0 Å². The van der Waals surface area contributed by atoms with E-state index in [2.05, 4.69) is 22.3 Å². The number of nitrogens with two attached hydrogens (primary N) is 2. The normalized spacial score (nSPS) is 14.2. The average molecular weight is 389 g/mol. The van der Waals surface area contributed by atoms with Gasteiger partial charge >= 0.3 is 6.09 Å². The minimum Gasteiger partial charge on any atom is -0.444 e. The van der Waals surface area contributed by atoms with Gasteiger partial charge in [0.25, 0.3) is 0 Å². The SMILES string of the molecule is C#C.C=O.CC(=O)N1CCC[C@H]1C(N)=O.CC(C)(C)OC(N)=O.CCOC. The predicted octanol–water partition coefficient (Wildman–Crippen LogP) is 1.08. The highest BCUT2D eigenvalue weighted by atomic mass is 16.6. The van der Waals surface area contributed by atoms with Crippen LogP contribution in [-0.4, -0.2) is 61.5 Å². The van der Waals surface area contributed by atoms with Crippen LogP contribution in [0.3, 0.4) is 0 Å². The average Bonchev–Trinajstić information content (AvgIpc) is 3.07. The molecule has 0 aromatic heterocycles. The standard InChI is InChI=1S/C7H12N2O2.C5H11NO2.C3H8O.C2H2.CH2O/c1-5(10)9-4-2-3-6(9)7(8)11;1-5(2,3)8-4(6)7;1-3-4-2;2*1-2/h6H,2-4H2,1H3,(H2,8,11);1-3H3,(H2,6,7);3H2,1-2H3;1-2H;1H2/t6-;;;;/m0..../s1. The molecule has 3 amide bonds. The molecular weight excluding hydrogens is 354 g/mol. The Morgan fingerprint density at radius 1 is 1.19 bits per heavy atom. The van der Waals surface area contributed by atoms with E-state index in [9.17, 15) is 14.4 Å². The fraction of sp³-hybridized carbons (Fsp3) is 0.667. The number of carbonyl (C=O) groups excluding carboxylic acids is 4. The summed E-state index contributed by atoms with van der Waals surface area (Å²) >= 11 is 0. The molecule has 0 aliphatic carbocycles. The number of methoxy groups -OCH3 is 1. The summed E-state index contributed by atoms with van der Waals surface area (Å²) in [5, 5.41) is 0. The maximum absolute atomic E-state index is 10.9. The zero-order valence-corrected chi connectivity index (χ0v) is 17.3. The lowest BCUT2D eigenvalue weighted by Gasteiger charge is -2.19. The molecular formula is C18H35N3O6. The van der Waals surface area contributed by atoms with E-state index in [4.69, 9.17) is 16.3 Å². The topological polar surface area (TPSA) is 142 Å². The third-order valence-corrected chi connectivity index (χ3v) is 2.68. The molecule has 1 aliphatic rings. The monoisotopic (exact) mass is 389 g/mol. The van der Waals surface area contributed by atoms with Gasteiger partial charge in [0.2, 0.25) is 11.8 Å². The molecule has 9 heteroatoms. The van der Waals surface area contributed by atoms with Crippen LogP contribution in [0.5, 0.6) is 0 Å². The molecule has 1 aliphatic heterocycles. The first-order chi connectivity index (χ1) is 12.5. The molecule has 27 heavy (non-hydrogen) atoms. The van der Waals surface area contributed by atoms with Crippen molar-refractivity contribution in [2.45, 2.75) is 59.1 Å². The van der Waals surface area contributed by atoms with Gasteiger partial charge in [-0.25, -0.2) is 4.79 Å². The van der Waals surface area contributed by atoms with Gasteiger partial charge in [-0.15, -0.1) is 12.8 Å². The number of rotatable bonds is 2. The smallest absolute Gasteiger partial charge is 0.405 e. The number of likely N-dealkylation sites (tertiary alicyclic amines) is 1. The Bertz CT molecular complexity index is 411. The summed E-state index contributed by atoms with van der Waals surface area (Å²) in [7, 11) is 1.68. The second-order valence-electron chi connectivity index (χ2n) is 5.88. The molecule has 1 heterocycles. The second kappa shape index (κ2) is 19.7. The Kier molecular flexibility index (Phi) is 23.4. The number of hydrogen-bond donors (Lipinski definition) is 2. The number of nitrogens with zero attached hydrogens (tertiary/aromatic N) is 1. The lowest BCUT2D eigenvalue weighted by Crippen LogP contribution is -2.42. The Morgan fingerprint density at radius 2 is 1.59 bits per heavy atom. The van der Waals surface area contributed by atoms with E-state index >= 15 is 0 Å². The van der Waals surface area contributed by atoms with Gasteiger partial charge in [0.1, 0.15) is 18.4 Å². The van der Waals surface area contributed by atoms with Crippen LogP contribution in [0.1, 0.15) is 47.5 Å². The third-order valence-electron chi connectivity index (χ3n) is 2.68. The molecule has 9 nitrogen and oxygen atoms in total. The molecule has 0 bridgehead atoms. The maximum Gasteiger partial charge on any atom is 0.405 e. The Balaban J connectivity index is -0.000000146. The molecule has 4 N–H and O–H groups in total. The highest BCUT2D eigenvalue weighted by Gasteiger charge is 2.30. The van der Waals surface area contributed by atoms with Gasteiger partial charge in [0.15, 0.2) is 0 Å². The van der Waals surface area contributed by atoms with Crippen LogP contribution in [0.15, 0.2) is 0 Å². The van der Waals surface area contributed by atoms with Crippen molar-refractivity contribution >= 4 is 24.7 Å². The van der Waals surface area contributed by atoms with Crippen LogP contribution in [0.2, 0.25) is 0 Å². The zero-order valence-electron chi connectivity index (χ0n) is 17.3. The minimum absolute atomic E-state index is 0.0636. The molecule has 158 valence electrons. The van der Waals surface area contributed by atoms with Gasteiger partial charge in [0.05, 0.1) is 0 Å². The summed E-state index contributed by atoms with van der Waals surface area (Å²) in [5.74, 6) is -0.455. The highest BCUT2D eigenvalue weighted by Crippen LogP contribution is 2.16. The maximum atomic E-state index is 10.9. The van der Waals surface area contributed by atoms with Crippen LogP contribution >= 0.6 is 0 Å². The van der Waals surface area contributed by atoms with Gasteiger partial charge in [-0.3, -0.25) is 9.59 Å². The summed E-state index contributed by atoms with van der Waals surface area (Å²) in [6.07, 6.45) is 8.87. The molecule has 1 fully saturated rings. The van der Waals surface area contributed by atoms with Gasteiger partial charge in [-0.05, 0) is 40.5 Å². The van der Waals surface area contributed by atoms with E-state index in [0.717, 1.165) is 19.4 Å². The van der Waals surface area contributed by atoms with Crippen LogP contribution in [0.4, 0.5) is 4.79 Å². The Labute approximate surface area is 162 Å². The van der Waals surface area contributed by atoms with Crippen molar-refractivity contribution in [3.05, 3.63) is 0 Å². The van der Waals surface area contributed by atoms with Crippen LogP contribution in [0, 0.1) is 12.8 Å². The summed E-state index contributed by atoms with van der Waals surface area (Å²) < 4.78 is 9.12. The van der Waals surface area contributed by atoms with Gasteiger partial charge in [0, 0.05) is 27.2 Å². The lowest BCUT2D eigenvalue weighted by molar-refractivity contribution is -0.135. The zero-order chi connectivity index (χ0) is 22.6. The van der Waals surface area contributed by atoms with Crippen molar-refractivity contribution in [3.8, 4) is 12.8 Å². The number of terminal acetylenes is 1. The van der Waals surface area contributed by atoms with E-state index in [-0.39, 0.29) is 11.9 Å². The van der Waals surface area contributed by atoms with Crippen molar-refractivity contribution in [3.63, 3.8) is 0 Å². The quantitative estimate of drug-likeness (QED) is 0.677. The van der Waals surface area contributed by atoms with Crippen LogP contribution in [-0.2, 0) is 23.9 Å². The van der Waals surface area contributed by atoms with Gasteiger partial charge in [-0.2, -0.15) is 0 Å². The summed E-state index contributed by atoms with van der Waals surface area (Å²) in [5.41, 5.74) is 9.36. The van der Waals surface area contributed by atoms with Crippen LogP contribution < -0.4 is 11.5 Å². The van der Waals surface area contributed by atoms with Crippen molar-refractivity contribution in [2.75, 3.05) is 20.3 Å². The van der Waals surface area contributed by atoms with E-state index in [1.165, 1.54) is 11.8 Å². The van der Waals surface area contributed by atoms with E-state index in [0.29, 0.717) is 6.54 Å². The predicted molar refractivity (Wildman–Crippen MR) is 105 cm³/mol. The number of primary amides is 2. The summed E-state index contributed by atoms with van der Waals surface area (Å²) in [6.45, 7) is 12.2. The highest BCUT2D eigenvalue weighted by molar-refractivity contribution is 5.86. The summed E-state index contributed by atoms with van der Waals surface area (Å²) in [4.78, 5) is 41.2. The molecule has 0 saturated carbocycles. The lowest BCUT2D eigenvalue weighted by atomic mass is 10.2. The second-order valence-corrected chi connectivity index (χ2v) is 5.88. The van der Waals surface area contributed by atoms with Crippen molar-refractivity contribution in [2.24, 2.45) is 11.5 Å². The van der Waals surface area contributed by atoms with E-state index in [1.54, 1.807) is 27.9 Å². The number of amides is 3. The number of ether oxygens (including phenoxy) is 2. The van der Waals surface area contributed by atoms with E-state index < -0.39 is 17.6 Å². The minimum atomic E-state index is -0.725. The van der Waals surface area contributed by atoms with Gasteiger partial charge < -0.3 is 30.6 Å². The van der Waals surface area contributed by atoms with Crippen molar-refractivity contribution in [1.29, 1.82) is 0 Å². The third kappa shape index (κ3) is 23.4. The van der Waals surface area contributed by atoms with Crippen molar-refractivity contribution < 1.29 is 28.7 Å². The number of hydrogen-bond acceptors (Lipinski definition) is 6. The molecule has 0 aromatic carbocycles. The molecule has 0 aromatic rings. The molecule has 0 spiro atoms. The van der Waals surface area contributed by atoms with Crippen molar-refractivity contribution in [1.82, 2.24) is 4.90 Å². The molecule has 1 saturated heterocycles. The summed E-state index contributed by atoms with van der Waals surface area (Å²) in [6, 6.07) is -0.354. The fourth-order valence-corrected chi connectivity index (χ4v) is 1.74. The molecule has 1 rings (SSSR count). The fourth-order valence-electron chi connectivity index (χ4n) is 1.74. The Morgan fingerprint density at radius 3 is 1.74 bits per heavy atom. The Hall–Kier alpha value is -2.60. The first-order valence-electron chi connectivity index (χ1n) is 8.12.